The van der Waals surface area contributed by atoms with Crippen molar-refractivity contribution in [2.45, 2.75) is 76.3 Å². The van der Waals surface area contributed by atoms with Gasteiger partial charge in [-0.1, -0.05) is 44.6 Å². The number of rotatable bonds is 6. The SMILES string of the molecule is CCCC(C)N1CC=C[C@]23O[C@@]4(CC)C=CCN(C)C(=O)[C@H]4[C@H]2C(=O)N([C@H](C)CO)C3C1=O. The highest BCUT2D eigenvalue weighted by Crippen LogP contribution is 2.58. The van der Waals surface area contributed by atoms with Gasteiger partial charge in [-0.2, -0.15) is 0 Å². The highest BCUT2D eigenvalue weighted by atomic mass is 16.5. The van der Waals surface area contributed by atoms with Crippen LogP contribution in [0.1, 0.15) is 47.0 Å². The van der Waals surface area contributed by atoms with Gasteiger partial charge in [-0.25, -0.2) is 0 Å². The van der Waals surface area contributed by atoms with Crippen LogP contribution >= 0.6 is 0 Å². The van der Waals surface area contributed by atoms with Gasteiger partial charge in [0.1, 0.15) is 11.6 Å². The first kappa shape index (κ1) is 24.0. The molecule has 0 aliphatic carbocycles. The zero-order valence-corrected chi connectivity index (χ0v) is 20.4. The van der Waals surface area contributed by atoms with Crippen molar-refractivity contribution in [2.24, 2.45) is 11.8 Å². The number of aliphatic hydroxyl groups excluding tert-OH is 1. The summed E-state index contributed by atoms with van der Waals surface area (Å²) in [6.45, 7) is 8.41. The quantitative estimate of drug-likeness (QED) is 0.606. The molecule has 4 heterocycles. The molecule has 2 unspecified atom stereocenters. The molecule has 182 valence electrons. The van der Waals surface area contributed by atoms with E-state index in [1.54, 1.807) is 18.9 Å². The molecule has 8 heteroatoms. The topological polar surface area (TPSA) is 90.4 Å². The van der Waals surface area contributed by atoms with Crippen LogP contribution in [0, 0.1) is 11.8 Å². The Kier molecular flexibility index (Phi) is 6.20. The molecule has 2 saturated heterocycles. The molecule has 33 heavy (non-hydrogen) atoms. The van der Waals surface area contributed by atoms with Crippen molar-refractivity contribution in [1.82, 2.24) is 14.7 Å². The maximum Gasteiger partial charge on any atom is 0.249 e. The van der Waals surface area contributed by atoms with Gasteiger partial charge in [0.25, 0.3) is 0 Å². The first-order valence-corrected chi connectivity index (χ1v) is 12.2. The number of nitrogens with zero attached hydrogens (tertiary/aromatic N) is 3. The molecule has 4 aliphatic heterocycles. The maximum atomic E-state index is 14.1. The van der Waals surface area contributed by atoms with Crippen LogP contribution in [0.15, 0.2) is 24.3 Å². The Balaban J connectivity index is 1.90. The first-order valence-electron chi connectivity index (χ1n) is 12.2. The van der Waals surface area contributed by atoms with Crippen molar-refractivity contribution >= 4 is 17.7 Å². The molecule has 4 aliphatic rings. The van der Waals surface area contributed by atoms with Gasteiger partial charge in [0.05, 0.1) is 30.1 Å². The summed E-state index contributed by atoms with van der Waals surface area (Å²) in [6, 6.07) is -1.49. The normalized spacial score (nSPS) is 37.6. The van der Waals surface area contributed by atoms with E-state index < -0.39 is 35.1 Å². The lowest BCUT2D eigenvalue weighted by Crippen LogP contribution is -2.59. The molecular formula is C25H37N3O5. The Hall–Kier alpha value is -2.19. The van der Waals surface area contributed by atoms with Crippen molar-refractivity contribution in [1.29, 1.82) is 0 Å². The third-order valence-corrected chi connectivity index (χ3v) is 8.09. The van der Waals surface area contributed by atoms with Gasteiger partial charge in [0.15, 0.2) is 0 Å². The smallest absolute Gasteiger partial charge is 0.249 e. The van der Waals surface area contributed by atoms with Crippen molar-refractivity contribution < 1.29 is 24.2 Å². The van der Waals surface area contributed by atoms with Gasteiger partial charge >= 0.3 is 0 Å². The van der Waals surface area contributed by atoms with Crippen LogP contribution in [0.4, 0.5) is 0 Å². The lowest BCUT2D eigenvalue weighted by molar-refractivity contribution is -0.157. The molecule has 0 bridgehead atoms. The van der Waals surface area contributed by atoms with E-state index in [1.165, 1.54) is 4.90 Å². The lowest BCUT2D eigenvalue weighted by atomic mass is 9.73. The summed E-state index contributed by atoms with van der Waals surface area (Å²) in [5.74, 6) is -2.16. The van der Waals surface area contributed by atoms with E-state index in [9.17, 15) is 19.5 Å². The average Bonchev–Trinajstić information content (AvgIpc) is 3.10. The molecular weight excluding hydrogens is 422 g/mol. The molecule has 0 aromatic heterocycles. The molecule has 3 amide bonds. The monoisotopic (exact) mass is 459 g/mol. The molecule has 8 nitrogen and oxygen atoms in total. The zero-order valence-electron chi connectivity index (χ0n) is 20.4. The van der Waals surface area contributed by atoms with E-state index in [0.29, 0.717) is 19.5 Å². The standard InChI is InChI=1S/C25H37N3O5/c1-6-10-16(3)27-14-9-12-25-19(22(31)28(17(4)15-29)20(25)23(27)32)18-21(30)26(5)13-8-11-24(18,7-2)33-25/h8-9,11-12,16-20,29H,6-7,10,13-15H2,1-5H3/t16?,17-,18-,19+,20?,24+,25+/m1/s1. The zero-order chi connectivity index (χ0) is 24.1. The second kappa shape index (κ2) is 8.55. The van der Waals surface area contributed by atoms with E-state index in [2.05, 4.69) is 6.92 Å². The van der Waals surface area contributed by atoms with E-state index in [-0.39, 0.29) is 30.4 Å². The summed E-state index contributed by atoms with van der Waals surface area (Å²) in [7, 11) is 1.73. The number of hydrogen-bond acceptors (Lipinski definition) is 5. The van der Waals surface area contributed by atoms with Crippen molar-refractivity contribution in [3.63, 3.8) is 0 Å². The van der Waals surface area contributed by atoms with Gasteiger partial charge < -0.3 is 24.5 Å². The van der Waals surface area contributed by atoms with Crippen molar-refractivity contribution in [3.05, 3.63) is 24.3 Å². The van der Waals surface area contributed by atoms with E-state index in [4.69, 9.17) is 4.74 Å². The number of amides is 3. The number of carbonyl (C=O) groups is 3. The third kappa shape index (κ3) is 3.28. The summed E-state index contributed by atoms with van der Waals surface area (Å²) >= 11 is 0. The molecule has 4 rings (SSSR count). The van der Waals surface area contributed by atoms with Crippen LogP contribution in [-0.4, -0.2) is 93.6 Å². The summed E-state index contributed by atoms with van der Waals surface area (Å²) in [4.78, 5) is 46.6. The predicted octanol–water partition coefficient (Wildman–Crippen LogP) is 1.34. The number of likely N-dealkylation sites (N-methyl/N-ethyl adjacent to an activating group) is 1. The second-order valence-electron chi connectivity index (χ2n) is 10.1. The number of hydrogen-bond donors (Lipinski definition) is 1. The molecule has 0 aromatic rings. The van der Waals surface area contributed by atoms with Crippen LogP contribution < -0.4 is 0 Å². The van der Waals surface area contributed by atoms with Gasteiger partial charge in [-0.15, -0.1) is 0 Å². The highest BCUT2D eigenvalue weighted by molar-refractivity contribution is 6.00. The fourth-order valence-corrected chi connectivity index (χ4v) is 6.37. The lowest BCUT2D eigenvalue weighted by Gasteiger charge is -2.41. The number of likely N-dealkylation sites (tertiary alicyclic amines) is 1. The van der Waals surface area contributed by atoms with Crippen molar-refractivity contribution in [2.75, 3.05) is 26.7 Å². The van der Waals surface area contributed by atoms with Crippen LogP contribution in [-0.2, 0) is 19.1 Å². The summed E-state index contributed by atoms with van der Waals surface area (Å²) < 4.78 is 6.84. The number of ether oxygens (including phenoxy) is 1. The minimum Gasteiger partial charge on any atom is -0.394 e. The van der Waals surface area contributed by atoms with Gasteiger partial charge in [0.2, 0.25) is 17.7 Å². The van der Waals surface area contributed by atoms with Gasteiger partial charge in [-0.3, -0.25) is 14.4 Å². The van der Waals surface area contributed by atoms with Crippen LogP contribution in [0.5, 0.6) is 0 Å². The largest absolute Gasteiger partial charge is 0.394 e. The minimum atomic E-state index is -1.25. The fourth-order valence-electron chi connectivity index (χ4n) is 6.37. The summed E-state index contributed by atoms with van der Waals surface area (Å²) in [5.41, 5.74) is -2.21. The van der Waals surface area contributed by atoms with Crippen LogP contribution in [0.3, 0.4) is 0 Å². The Morgan fingerprint density at radius 2 is 1.73 bits per heavy atom. The number of aliphatic hydroxyl groups is 1. The summed E-state index contributed by atoms with van der Waals surface area (Å²) in [6.07, 6.45) is 9.94. The van der Waals surface area contributed by atoms with Gasteiger partial charge in [-0.05, 0) is 26.7 Å². The van der Waals surface area contributed by atoms with Crippen LogP contribution in [0.25, 0.3) is 0 Å². The minimum absolute atomic E-state index is 0.00223. The van der Waals surface area contributed by atoms with Gasteiger partial charge in [0, 0.05) is 26.2 Å². The molecule has 0 aromatic carbocycles. The third-order valence-electron chi connectivity index (χ3n) is 8.09. The second-order valence-corrected chi connectivity index (χ2v) is 10.1. The number of fused-ring (bicyclic) bond motifs is 2. The summed E-state index contributed by atoms with van der Waals surface area (Å²) in [5, 5.41) is 9.98. The molecule has 7 atom stereocenters. The van der Waals surface area contributed by atoms with E-state index >= 15 is 0 Å². The number of carbonyl (C=O) groups excluding carboxylic acids is 3. The van der Waals surface area contributed by atoms with E-state index in [1.807, 2.05) is 43.1 Å². The predicted molar refractivity (Wildman–Crippen MR) is 123 cm³/mol. The Morgan fingerprint density at radius 1 is 1.03 bits per heavy atom. The molecule has 2 fully saturated rings. The maximum absolute atomic E-state index is 14.1. The molecule has 1 spiro atoms. The Bertz CT molecular complexity index is 887. The van der Waals surface area contributed by atoms with Crippen molar-refractivity contribution in [3.8, 4) is 0 Å². The highest BCUT2D eigenvalue weighted by Gasteiger charge is 2.75. The molecule has 0 saturated carbocycles. The first-order chi connectivity index (χ1) is 15.7. The fraction of sp³-hybridized carbons (Fsp3) is 0.720. The van der Waals surface area contributed by atoms with Crippen LogP contribution in [0.2, 0.25) is 0 Å². The van der Waals surface area contributed by atoms with E-state index in [0.717, 1.165) is 12.8 Å². The Labute approximate surface area is 196 Å². The molecule has 0 radical (unpaired) electrons. The average molecular weight is 460 g/mol. The molecule has 1 N–H and O–H groups in total. The Morgan fingerprint density at radius 3 is 2.36 bits per heavy atom.